The number of fused-ring (bicyclic) bond motifs is 1. The van der Waals surface area contributed by atoms with Crippen molar-refractivity contribution in [3.8, 4) is 0 Å². The van der Waals surface area contributed by atoms with E-state index in [1.165, 1.54) is 4.31 Å². The van der Waals surface area contributed by atoms with Crippen molar-refractivity contribution in [3.05, 3.63) is 108 Å². The third-order valence-corrected chi connectivity index (χ3v) is 7.39. The van der Waals surface area contributed by atoms with Crippen LogP contribution < -0.4 is 9.62 Å². The Kier molecular flexibility index (Phi) is 6.75. The summed E-state index contributed by atoms with van der Waals surface area (Å²) in [7, 11) is -3.93. The summed E-state index contributed by atoms with van der Waals surface area (Å²) in [6, 6.07) is 29.4. The maximum atomic E-state index is 13.5. The van der Waals surface area contributed by atoms with Crippen LogP contribution in [0.5, 0.6) is 0 Å². The largest absolute Gasteiger partial charge is 0.350 e. The topological polar surface area (TPSA) is 66.5 Å². The monoisotopic (exact) mass is 458 g/mol. The van der Waals surface area contributed by atoms with E-state index in [4.69, 9.17) is 0 Å². The maximum absolute atomic E-state index is 13.5. The van der Waals surface area contributed by atoms with Crippen LogP contribution in [-0.2, 0) is 27.8 Å². The van der Waals surface area contributed by atoms with Gasteiger partial charge in [0.2, 0.25) is 5.91 Å². The predicted molar refractivity (Wildman–Crippen MR) is 133 cm³/mol. The van der Waals surface area contributed by atoms with E-state index in [0.717, 1.165) is 21.9 Å². The standard InChI is InChI=1S/C27H26N2O3S/c1-2-21-11-7-9-18-26(21)29(33(31,32)24-15-4-3-5-16-24)20-27(30)28-19-23-14-10-13-22-12-6-8-17-25(22)23/h3-18H,2,19-20H2,1H3,(H,28,30). The molecule has 0 radical (unpaired) electrons. The van der Waals surface area contributed by atoms with Gasteiger partial charge < -0.3 is 5.32 Å². The van der Waals surface area contributed by atoms with Crippen molar-refractivity contribution in [3.63, 3.8) is 0 Å². The highest BCUT2D eigenvalue weighted by molar-refractivity contribution is 7.92. The number of carbonyl (C=O) groups is 1. The SMILES string of the molecule is CCc1ccccc1N(CC(=O)NCc1cccc2ccccc12)S(=O)(=O)c1ccccc1. The molecule has 4 rings (SSSR count). The molecule has 168 valence electrons. The number of nitrogens with one attached hydrogen (secondary N) is 1. The van der Waals surface area contributed by atoms with E-state index >= 15 is 0 Å². The molecule has 0 aliphatic carbocycles. The second-order valence-corrected chi connectivity index (χ2v) is 9.58. The van der Waals surface area contributed by atoms with Gasteiger partial charge in [-0.2, -0.15) is 0 Å². The molecule has 0 saturated heterocycles. The third-order valence-electron chi connectivity index (χ3n) is 5.62. The van der Waals surface area contributed by atoms with Crippen LogP contribution in [0.3, 0.4) is 0 Å². The Labute approximate surface area is 194 Å². The molecular weight excluding hydrogens is 432 g/mol. The number of carbonyl (C=O) groups excluding carboxylic acids is 1. The fraction of sp³-hybridized carbons (Fsp3) is 0.148. The molecule has 0 heterocycles. The number of anilines is 1. The zero-order valence-corrected chi connectivity index (χ0v) is 19.3. The first-order valence-electron chi connectivity index (χ1n) is 10.9. The Bertz CT molecular complexity index is 1360. The maximum Gasteiger partial charge on any atom is 0.264 e. The van der Waals surface area contributed by atoms with Gasteiger partial charge in [0, 0.05) is 6.54 Å². The summed E-state index contributed by atoms with van der Waals surface area (Å²) in [5.74, 6) is -0.367. The van der Waals surface area contributed by atoms with E-state index in [1.807, 2.05) is 61.5 Å². The normalized spacial score (nSPS) is 11.3. The van der Waals surface area contributed by atoms with Crippen LogP contribution in [0.1, 0.15) is 18.1 Å². The molecule has 0 aliphatic rings. The van der Waals surface area contributed by atoms with Gasteiger partial charge in [0.1, 0.15) is 6.54 Å². The van der Waals surface area contributed by atoms with Crippen molar-refractivity contribution >= 4 is 32.4 Å². The lowest BCUT2D eigenvalue weighted by Crippen LogP contribution is -2.41. The summed E-state index contributed by atoms with van der Waals surface area (Å²) >= 11 is 0. The minimum atomic E-state index is -3.93. The van der Waals surface area contributed by atoms with Crippen LogP contribution in [0, 0.1) is 0 Å². The van der Waals surface area contributed by atoms with Gasteiger partial charge in [-0.3, -0.25) is 9.10 Å². The summed E-state index contributed by atoms with van der Waals surface area (Å²) in [5, 5.41) is 5.06. The van der Waals surface area contributed by atoms with Gasteiger partial charge >= 0.3 is 0 Å². The lowest BCUT2D eigenvalue weighted by atomic mass is 10.0. The molecule has 6 heteroatoms. The predicted octanol–water partition coefficient (Wildman–Crippen LogP) is 4.91. The van der Waals surface area contributed by atoms with Gasteiger partial charge in [-0.25, -0.2) is 8.42 Å². The van der Waals surface area contributed by atoms with Gasteiger partial charge in [-0.15, -0.1) is 0 Å². The number of rotatable bonds is 8. The van der Waals surface area contributed by atoms with Gasteiger partial charge in [-0.05, 0) is 46.5 Å². The molecule has 33 heavy (non-hydrogen) atoms. The molecule has 4 aromatic carbocycles. The molecule has 0 saturated carbocycles. The molecule has 0 bridgehead atoms. The first kappa shape index (κ1) is 22.6. The molecule has 0 fully saturated rings. The summed E-state index contributed by atoms with van der Waals surface area (Å²) in [6.07, 6.45) is 0.647. The highest BCUT2D eigenvalue weighted by Gasteiger charge is 2.28. The van der Waals surface area contributed by atoms with E-state index in [2.05, 4.69) is 5.32 Å². The van der Waals surface area contributed by atoms with Gasteiger partial charge in [0.05, 0.1) is 10.6 Å². The Morgan fingerprint density at radius 3 is 2.21 bits per heavy atom. The number of nitrogens with zero attached hydrogens (tertiary/aromatic N) is 1. The average molecular weight is 459 g/mol. The van der Waals surface area contributed by atoms with E-state index in [9.17, 15) is 13.2 Å². The average Bonchev–Trinajstić information content (AvgIpc) is 2.86. The van der Waals surface area contributed by atoms with E-state index < -0.39 is 10.0 Å². The first-order chi connectivity index (χ1) is 16.0. The molecule has 5 nitrogen and oxygen atoms in total. The minimum absolute atomic E-state index is 0.151. The number of hydrogen-bond donors (Lipinski definition) is 1. The Balaban J connectivity index is 1.62. The van der Waals surface area contributed by atoms with Crippen molar-refractivity contribution in [1.82, 2.24) is 5.32 Å². The summed E-state index contributed by atoms with van der Waals surface area (Å²) < 4.78 is 28.3. The zero-order valence-electron chi connectivity index (χ0n) is 18.4. The Morgan fingerprint density at radius 2 is 1.42 bits per heavy atom. The number of amides is 1. The van der Waals surface area contributed by atoms with Crippen molar-refractivity contribution < 1.29 is 13.2 Å². The molecule has 0 aromatic heterocycles. The second kappa shape index (κ2) is 9.88. The van der Waals surface area contributed by atoms with Crippen LogP contribution in [0.4, 0.5) is 5.69 Å². The molecule has 0 spiro atoms. The zero-order chi connectivity index (χ0) is 23.3. The molecule has 1 amide bonds. The van der Waals surface area contributed by atoms with Crippen LogP contribution >= 0.6 is 0 Å². The number of sulfonamides is 1. The summed E-state index contributed by atoms with van der Waals surface area (Å²) in [6.45, 7) is 1.97. The summed E-state index contributed by atoms with van der Waals surface area (Å²) in [4.78, 5) is 13.1. The van der Waals surface area contributed by atoms with Crippen LogP contribution in [0.2, 0.25) is 0 Å². The van der Waals surface area contributed by atoms with Crippen LogP contribution in [-0.4, -0.2) is 20.9 Å². The number of hydrogen-bond acceptors (Lipinski definition) is 3. The highest BCUT2D eigenvalue weighted by Crippen LogP contribution is 2.27. The smallest absolute Gasteiger partial charge is 0.264 e. The Morgan fingerprint density at radius 1 is 0.788 bits per heavy atom. The van der Waals surface area contributed by atoms with Crippen molar-refractivity contribution in [2.75, 3.05) is 10.8 Å². The van der Waals surface area contributed by atoms with Crippen LogP contribution in [0.25, 0.3) is 10.8 Å². The fourth-order valence-electron chi connectivity index (χ4n) is 3.90. The lowest BCUT2D eigenvalue weighted by molar-refractivity contribution is -0.119. The summed E-state index contributed by atoms with van der Waals surface area (Å²) in [5.41, 5.74) is 2.36. The van der Waals surface area contributed by atoms with Crippen molar-refractivity contribution in [1.29, 1.82) is 0 Å². The molecule has 4 aromatic rings. The van der Waals surface area contributed by atoms with Crippen LogP contribution in [0.15, 0.2) is 102 Å². The molecule has 1 N–H and O–H groups in total. The minimum Gasteiger partial charge on any atom is -0.350 e. The second-order valence-electron chi connectivity index (χ2n) is 7.72. The van der Waals surface area contributed by atoms with Crippen molar-refractivity contribution in [2.45, 2.75) is 24.8 Å². The third kappa shape index (κ3) is 4.91. The number of para-hydroxylation sites is 1. The van der Waals surface area contributed by atoms with E-state index in [0.29, 0.717) is 18.7 Å². The first-order valence-corrected chi connectivity index (χ1v) is 12.3. The highest BCUT2D eigenvalue weighted by atomic mass is 32.2. The number of aryl methyl sites for hydroxylation is 1. The number of benzene rings is 4. The van der Waals surface area contributed by atoms with E-state index in [-0.39, 0.29) is 17.3 Å². The molecular formula is C27H26N2O3S. The van der Waals surface area contributed by atoms with E-state index in [1.54, 1.807) is 42.5 Å². The Hall–Kier alpha value is -3.64. The molecule has 0 aliphatic heterocycles. The van der Waals surface area contributed by atoms with Gasteiger partial charge in [0.25, 0.3) is 10.0 Å². The van der Waals surface area contributed by atoms with Gasteiger partial charge in [-0.1, -0.05) is 85.8 Å². The lowest BCUT2D eigenvalue weighted by Gasteiger charge is -2.26. The fourth-order valence-corrected chi connectivity index (χ4v) is 5.38. The molecule has 0 unspecified atom stereocenters. The molecule has 0 atom stereocenters. The van der Waals surface area contributed by atoms with Gasteiger partial charge in [0.15, 0.2) is 0 Å². The van der Waals surface area contributed by atoms with Crippen molar-refractivity contribution in [2.24, 2.45) is 0 Å². The quantitative estimate of drug-likeness (QED) is 0.408.